The first-order valence-electron chi connectivity index (χ1n) is 6.56. The van der Waals surface area contributed by atoms with Gasteiger partial charge in [0.2, 0.25) is 0 Å². The average Bonchev–Trinajstić information content (AvgIpc) is 2.44. The van der Waals surface area contributed by atoms with Crippen LogP contribution in [0.25, 0.3) is 10.9 Å². The molecule has 0 bridgehead atoms. The van der Waals surface area contributed by atoms with E-state index in [1.807, 2.05) is 19.1 Å². The molecule has 108 valence electrons. The molecule has 0 radical (unpaired) electrons. The fourth-order valence-corrected chi connectivity index (χ4v) is 2.64. The van der Waals surface area contributed by atoms with Crippen LogP contribution in [0.4, 0.5) is 5.69 Å². The van der Waals surface area contributed by atoms with Gasteiger partial charge in [-0.2, -0.15) is 0 Å². The quantitative estimate of drug-likeness (QED) is 0.663. The maximum atomic E-state index is 5.76. The highest BCUT2D eigenvalue weighted by molar-refractivity contribution is 6.01. The van der Waals surface area contributed by atoms with Crippen LogP contribution in [0.3, 0.4) is 0 Å². The lowest BCUT2D eigenvalue weighted by Crippen LogP contribution is -2.13. The molecule has 5 heteroatoms. The van der Waals surface area contributed by atoms with Crippen molar-refractivity contribution < 1.29 is 9.47 Å². The summed E-state index contributed by atoms with van der Waals surface area (Å²) in [5.74, 6) is 7.49. The predicted octanol–water partition coefficient (Wildman–Crippen LogP) is 2.97. The van der Waals surface area contributed by atoms with E-state index in [2.05, 4.69) is 24.3 Å². The van der Waals surface area contributed by atoms with Crippen molar-refractivity contribution in [2.45, 2.75) is 26.7 Å². The molecule has 2 aromatic rings. The summed E-state index contributed by atoms with van der Waals surface area (Å²) in [4.78, 5) is 4.68. The van der Waals surface area contributed by atoms with Gasteiger partial charge in [0.05, 0.1) is 25.3 Å². The molecule has 0 fully saturated rings. The highest BCUT2D eigenvalue weighted by atomic mass is 16.5. The Morgan fingerprint density at radius 2 is 1.75 bits per heavy atom. The molecule has 20 heavy (non-hydrogen) atoms. The zero-order valence-electron chi connectivity index (χ0n) is 12.6. The third kappa shape index (κ3) is 2.14. The number of aryl methyl sites for hydroxylation is 1. The van der Waals surface area contributed by atoms with Crippen LogP contribution in [0.2, 0.25) is 0 Å². The molecule has 0 aliphatic heterocycles. The van der Waals surface area contributed by atoms with Gasteiger partial charge in [-0.15, -0.1) is 0 Å². The van der Waals surface area contributed by atoms with Crippen molar-refractivity contribution in [3.8, 4) is 11.5 Å². The molecule has 2 rings (SSSR count). The summed E-state index contributed by atoms with van der Waals surface area (Å²) in [6, 6.07) is 3.71. The normalized spacial score (nSPS) is 10.9. The number of nitrogens with one attached hydrogen (secondary N) is 1. The maximum Gasteiger partial charge on any atom is 0.145 e. The third-order valence-corrected chi connectivity index (χ3v) is 3.45. The molecule has 3 N–H and O–H groups in total. The molecule has 0 aliphatic carbocycles. The smallest absolute Gasteiger partial charge is 0.145 e. The summed E-state index contributed by atoms with van der Waals surface area (Å²) in [6.07, 6.45) is 0. The number of hydrazine groups is 1. The second-order valence-electron chi connectivity index (χ2n) is 4.98. The second kappa shape index (κ2) is 5.54. The second-order valence-corrected chi connectivity index (χ2v) is 4.98. The number of fused-ring (bicyclic) bond motifs is 1. The lowest BCUT2D eigenvalue weighted by Gasteiger charge is -2.20. The number of pyridine rings is 1. The number of benzene rings is 1. The minimum atomic E-state index is 0.300. The van der Waals surface area contributed by atoms with Gasteiger partial charge in [0.1, 0.15) is 17.0 Å². The van der Waals surface area contributed by atoms with E-state index < -0.39 is 0 Å². The maximum absolute atomic E-state index is 5.76. The largest absolute Gasteiger partial charge is 0.496 e. The number of aromatic nitrogens is 1. The highest BCUT2D eigenvalue weighted by Gasteiger charge is 2.20. The number of hydrogen-bond acceptors (Lipinski definition) is 5. The number of nitrogen functional groups attached to an aromatic ring is 1. The molecule has 1 aromatic heterocycles. The molecule has 0 aliphatic rings. The Labute approximate surface area is 119 Å². The van der Waals surface area contributed by atoms with E-state index in [0.717, 1.165) is 33.6 Å². The van der Waals surface area contributed by atoms with Crippen molar-refractivity contribution in [2.75, 3.05) is 19.6 Å². The van der Waals surface area contributed by atoms with E-state index in [9.17, 15) is 0 Å². The summed E-state index contributed by atoms with van der Waals surface area (Å²) >= 11 is 0. The predicted molar refractivity (Wildman–Crippen MR) is 81.5 cm³/mol. The third-order valence-electron chi connectivity index (χ3n) is 3.45. The van der Waals surface area contributed by atoms with Crippen LogP contribution in [0.1, 0.15) is 31.0 Å². The minimum Gasteiger partial charge on any atom is -0.496 e. The molecular weight excluding hydrogens is 254 g/mol. The topological polar surface area (TPSA) is 69.4 Å². The van der Waals surface area contributed by atoms with E-state index in [4.69, 9.17) is 15.3 Å². The van der Waals surface area contributed by atoms with Gasteiger partial charge in [-0.05, 0) is 25.0 Å². The minimum absolute atomic E-state index is 0.300. The number of rotatable bonds is 4. The number of nitrogens with two attached hydrogens (primary N) is 1. The Balaban J connectivity index is 2.98. The lowest BCUT2D eigenvalue weighted by atomic mass is 9.96. The molecule has 5 nitrogen and oxygen atoms in total. The van der Waals surface area contributed by atoms with Gasteiger partial charge in [-0.1, -0.05) is 13.8 Å². The summed E-state index contributed by atoms with van der Waals surface area (Å²) in [5.41, 5.74) is 6.43. The van der Waals surface area contributed by atoms with Gasteiger partial charge in [0.15, 0.2) is 0 Å². The van der Waals surface area contributed by atoms with Crippen LogP contribution < -0.4 is 20.7 Å². The lowest BCUT2D eigenvalue weighted by molar-refractivity contribution is 0.409. The van der Waals surface area contributed by atoms with Gasteiger partial charge < -0.3 is 14.9 Å². The van der Waals surface area contributed by atoms with Gasteiger partial charge in [0.25, 0.3) is 0 Å². The zero-order valence-corrected chi connectivity index (χ0v) is 12.6. The molecule has 0 spiro atoms. The van der Waals surface area contributed by atoms with Gasteiger partial charge >= 0.3 is 0 Å². The Hall–Kier alpha value is -2.01. The number of methoxy groups -OCH3 is 2. The van der Waals surface area contributed by atoms with Gasteiger partial charge in [-0.25, -0.2) is 4.98 Å². The summed E-state index contributed by atoms with van der Waals surface area (Å²) in [6.45, 7) is 6.21. The fraction of sp³-hybridized carbons (Fsp3) is 0.400. The zero-order chi connectivity index (χ0) is 14.9. The van der Waals surface area contributed by atoms with Gasteiger partial charge in [0, 0.05) is 11.3 Å². The first-order chi connectivity index (χ1) is 9.54. The Morgan fingerprint density at radius 3 is 2.25 bits per heavy atom. The van der Waals surface area contributed by atoms with Crippen LogP contribution in [0.5, 0.6) is 11.5 Å². The molecule has 1 heterocycles. The summed E-state index contributed by atoms with van der Waals surface area (Å²) in [7, 11) is 3.26. The number of nitrogens with zero attached hydrogens (tertiary/aromatic N) is 1. The molecule has 0 saturated carbocycles. The molecule has 0 saturated heterocycles. The van der Waals surface area contributed by atoms with Crippen LogP contribution in [0.15, 0.2) is 12.1 Å². The molecule has 0 amide bonds. The molecular formula is C15H21N3O2. The van der Waals surface area contributed by atoms with Crippen molar-refractivity contribution in [1.29, 1.82) is 0 Å². The monoisotopic (exact) mass is 275 g/mol. The van der Waals surface area contributed by atoms with Crippen molar-refractivity contribution in [3.63, 3.8) is 0 Å². The van der Waals surface area contributed by atoms with Crippen LogP contribution in [0, 0.1) is 6.92 Å². The van der Waals surface area contributed by atoms with Crippen LogP contribution >= 0.6 is 0 Å². The van der Waals surface area contributed by atoms with Crippen molar-refractivity contribution in [1.82, 2.24) is 4.98 Å². The molecule has 1 aromatic carbocycles. The van der Waals surface area contributed by atoms with E-state index in [1.165, 1.54) is 0 Å². The average molecular weight is 275 g/mol. The number of ether oxygens (including phenoxy) is 2. The molecule has 0 atom stereocenters. The highest BCUT2D eigenvalue weighted by Crippen LogP contribution is 2.41. The van der Waals surface area contributed by atoms with E-state index in [-0.39, 0.29) is 0 Å². The number of hydrogen-bond donors (Lipinski definition) is 2. The van der Waals surface area contributed by atoms with Crippen molar-refractivity contribution in [2.24, 2.45) is 5.84 Å². The first-order valence-corrected chi connectivity index (χ1v) is 6.56. The Kier molecular flexibility index (Phi) is 3.99. The Morgan fingerprint density at radius 1 is 1.15 bits per heavy atom. The van der Waals surface area contributed by atoms with Crippen LogP contribution in [-0.2, 0) is 0 Å². The fourth-order valence-electron chi connectivity index (χ4n) is 2.64. The standard InChI is InChI=1S/C15H21N3O2/c1-8(2)12-9(3)17-14-11(20-5)7-6-10(19-4)13(14)15(12)18-16/h6-8H,16H2,1-5H3,(H,17,18). The van der Waals surface area contributed by atoms with E-state index >= 15 is 0 Å². The number of anilines is 1. The Bertz CT molecular complexity index is 639. The SMILES string of the molecule is COc1ccc(OC)c2c(NN)c(C(C)C)c(C)nc12. The van der Waals surface area contributed by atoms with Crippen molar-refractivity contribution in [3.05, 3.63) is 23.4 Å². The van der Waals surface area contributed by atoms with Crippen LogP contribution in [-0.4, -0.2) is 19.2 Å². The van der Waals surface area contributed by atoms with E-state index in [1.54, 1.807) is 14.2 Å². The summed E-state index contributed by atoms with van der Waals surface area (Å²) < 4.78 is 10.8. The van der Waals surface area contributed by atoms with E-state index in [0.29, 0.717) is 11.7 Å². The molecule has 0 unspecified atom stereocenters. The first kappa shape index (κ1) is 14.4. The van der Waals surface area contributed by atoms with Gasteiger partial charge in [-0.3, -0.25) is 5.84 Å². The summed E-state index contributed by atoms with van der Waals surface area (Å²) in [5, 5.41) is 0.851. The van der Waals surface area contributed by atoms with Crippen molar-refractivity contribution >= 4 is 16.6 Å².